The summed E-state index contributed by atoms with van der Waals surface area (Å²) >= 11 is 0. The number of benzene rings is 2. The standard InChI is InChI=1S/C22H23NO6S/c1-13(2)18-11-19-16(10-21(24)29-20(19)8-14(18)3)12-28-22(25)15-6-5-7-17(9-15)30(26,27)23-4/h5-11,13,23H,12H2,1-4H3. The van der Waals surface area contributed by atoms with Gasteiger partial charge in [-0.3, -0.25) is 0 Å². The third kappa shape index (κ3) is 4.44. The lowest BCUT2D eigenvalue weighted by Gasteiger charge is -2.13. The molecule has 7 nitrogen and oxygen atoms in total. The van der Waals surface area contributed by atoms with Gasteiger partial charge in [-0.25, -0.2) is 22.7 Å². The van der Waals surface area contributed by atoms with E-state index in [0.717, 1.165) is 11.1 Å². The van der Waals surface area contributed by atoms with Gasteiger partial charge < -0.3 is 9.15 Å². The quantitative estimate of drug-likeness (QED) is 0.475. The summed E-state index contributed by atoms with van der Waals surface area (Å²) in [7, 11) is -2.39. The van der Waals surface area contributed by atoms with Gasteiger partial charge in [-0.15, -0.1) is 0 Å². The summed E-state index contributed by atoms with van der Waals surface area (Å²) in [6.07, 6.45) is 0. The minimum Gasteiger partial charge on any atom is -0.457 e. The lowest BCUT2D eigenvalue weighted by atomic mass is 9.95. The predicted octanol–water partition coefficient (Wildman–Crippen LogP) is 3.49. The monoisotopic (exact) mass is 429 g/mol. The molecule has 0 unspecified atom stereocenters. The van der Waals surface area contributed by atoms with Crippen molar-refractivity contribution in [3.63, 3.8) is 0 Å². The van der Waals surface area contributed by atoms with Crippen molar-refractivity contribution >= 4 is 27.0 Å². The second-order valence-electron chi connectivity index (χ2n) is 7.26. The minimum atomic E-state index is -3.68. The number of carbonyl (C=O) groups excluding carboxylic acids is 1. The summed E-state index contributed by atoms with van der Waals surface area (Å²) in [5, 5.41) is 0.697. The lowest BCUT2D eigenvalue weighted by molar-refractivity contribution is 0.0473. The van der Waals surface area contributed by atoms with Crippen LogP contribution in [0.15, 0.2) is 56.6 Å². The lowest BCUT2D eigenvalue weighted by Crippen LogP contribution is -2.19. The van der Waals surface area contributed by atoms with Crippen LogP contribution in [0, 0.1) is 6.92 Å². The summed E-state index contributed by atoms with van der Waals surface area (Å²) in [6.45, 7) is 5.94. The molecule has 0 spiro atoms. The number of hydrogen-bond acceptors (Lipinski definition) is 6. The molecule has 0 saturated heterocycles. The molecule has 0 aliphatic rings. The Morgan fingerprint density at radius 2 is 1.90 bits per heavy atom. The maximum absolute atomic E-state index is 12.5. The summed E-state index contributed by atoms with van der Waals surface area (Å²) < 4.78 is 36.8. The fourth-order valence-corrected chi connectivity index (χ4v) is 4.04. The largest absolute Gasteiger partial charge is 0.457 e. The van der Waals surface area contributed by atoms with Crippen LogP contribution >= 0.6 is 0 Å². The molecule has 2 aromatic carbocycles. The van der Waals surface area contributed by atoms with Crippen LogP contribution in [0.25, 0.3) is 11.0 Å². The maximum atomic E-state index is 12.5. The van der Waals surface area contributed by atoms with E-state index < -0.39 is 21.6 Å². The van der Waals surface area contributed by atoms with Crippen molar-refractivity contribution in [2.75, 3.05) is 7.05 Å². The number of sulfonamides is 1. The molecule has 3 rings (SSSR count). The zero-order valence-electron chi connectivity index (χ0n) is 17.2. The molecule has 0 aliphatic heterocycles. The number of aryl methyl sites for hydroxylation is 1. The van der Waals surface area contributed by atoms with E-state index >= 15 is 0 Å². The molecule has 0 bridgehead atoms. The van der Waals surface area contributed by atoms with Crippen LogP contribution in [0.1, 0.15) is 46.8 Å². The zero-order chi connectivity index (χ0) is 22.1. The molecule has 158 valence electrons. The van der Waals surface area contributed by atoms with Gasteiger partial charge in [0.25, 0.3) is 0 Å². The van der Waals surface area contributed by atoms with Crippen LogP contribution in [-0.4, -0.2) is 21.4 Å². The van der Waals surface area contributed by atoms with Crippen LogP contribution < -0.4 is 10.3 Å². The molecule has 8 heteroatoms. The predicted molar refractivity (Wildman–Crippen MR) is 113 cm³/mol. The number of nitrogens with one attached hydrogen (secondary N) is 1. The first-order valence-corrected chi connectivity index (χ1v) is 10.9. The van der Waals surface area contributed by atoms with Gasteiger partial charge in [0, 0.05) is 17.0 Å². The van der Waals surface area contributed by atoms with Crippen molar-refractivity contribution in [3.8, 4) is 0 Å². The number of ether oxygens (including phenoxy) is 1. The van der Waals surface area contributed by atoms with Crippen molar-refractivity contribution in [3.05, 3.63) is 75.1 Å². The molecule has 0 saturated carbocycles. The molecular formula is C22H23NO6S. The average Bonchev–Trinajstić information content (AvgIpc) is 2.70. The summed E-state index contributed by atoms with van der Waals surface area (Å²) in [6, 6.07) is 10.6. The highest BCUT2D eigenvalue weighted by atomic mass is 32.2. The van der Waals surface area contributed by atoms with Gasteiger partial charge in [0.1, 0.15) is 12.2 Å². The van der Waals surface area contributed by atoms with Crippen molar-refractivity contribution in [1.29, 1.82) is 0 Å². The van der Waals surface area contributed by atoms with Crippen molar-refractivity contribution in [1.82, 2.24) is 4.72 Å². The van der Waals surface area contributed by atoms with Crippen LogP contribution in [-0.2, 0) is 21.4 Å². The van der Waals surface area contributed by atoms with Crippen LogP contribution in [0.2, 0.25) is 0 Å². The second-order valence-corrected chi connectivity index (χ2v) is 9.15. The SMILES string of the molecule is CNS(=O)(=O)c1cccc(C(=O)OCc2cc(=O)oc3cc(C)c(C(C)C)cc23)c1. The number of carbonyl (C=O) groups is 1. The van der Waals surface area contributed by atoms with E-state index in [9.17, 15) is 18.0 Å². The first-order valence-electron chi connectivity index (χ1n) is 9.40. The summed E-state index contributed by atoms with van der Waals surface area (Å²) in [5.41, 5.74) is 2.63. The first-order chi connectivity index (χ1) is 14.1. The van der Waals surface area contributed by atoms with E-state index in [-0.39, 0.29) is 23.0 Å². The number of fused-ring (bicyclic) bond motifs is 1. The minimum absolute atomic E-state index is 0.0395. The van der Waals surface area contributed by atoms with Gasteiger partial charge in [0.05, 0.1) is 10.5 Å². The normalized spacial score (nSPS) is 11.8. The molecule has 1 heterocycles. The van der Waals surface area contributed by atoms with E-state index in [2.05, 4.69) is 18.6 Å². The highest BCUT2D eigenvalue weighted by molar-refractivity contribution is 7.89. The second kappa shape index (κ2) is 8.41. The zero-order valence-corrected chi connectivity index (χ0v) is 18.0. The Kier molecular flexibility index (Phi) is 6.09. The molecule has 0 atom stereocenters. The van der Waals surface area contributed by atoms with Crippen LogP contribution in [0.4, 0.5) is 0 Å². The van der Waals surface area contributed by atoms with Gasteiger partial charge in [-0.2, -0.15) is 0 Å². The van der Waals surface area contributed by atoms with E-state index in [1.807, 2.05) is 19.1 Å². The molecule has 3 aromatic rings. The van der Waals surface area contributed by atoms with Crippen molar-refractivity contribution < 1.29 is 22.4 Å². The van der Waals surface area contributed by atoms with Gasteiger partial charge in [-0.05, 0) is 61.3 Å². The Morgan fingerprint density at radius 1 is 1.17 bits per heavy atom. The summed E-state index contributed by atoms with van der Waals surface area (Å²) in [5.74, 6) is -0.422. The average molecular weight is 429 g/mol. The number of hydrogen-bond donors (Lipinski definition) is 1. The molecule has 30 heavy (non-hydrogen) atoms. The van der Waals surface area contributed by atoms with E-state index in [0.29, 0.717) is 16.5 Å². The Morgan fingerprint density at radius 3 is 2.57 bits per heavy atom. The van der Waals surface area contributed by atoms with E-state index in [1.54, 1.807) is 0 Å². The van der Waals surface area contributed by atoms with Gasteiger partial charge in [0.2, 0.25) is 10.0 Å². The van der Waals surface area contributed by atoms with Crippen molar-refractivity contribution in [2.24, 2.45) is 0 Å². The van der Waals surface area contributed by atoms with Gasteiger partial charge in [0.15, 0.2) is 0 Å². The highest BCUT2D eigenvalue weighted by Gasteiger charge is 2.17. The first kappa shape index (κ1) is 21.7. The Balaban J connectivity index is 1.92. The molecule has 0 fully saturated rings. The smallest absolute Gasteiger partial charge is 0.338 e. The molecule has 0 aliphatic carbocycles. The molecule has 0 radical (unpaired) electrons. The van der Waals surface area contributed by atoms with Gasteiger partial charge in [-0.1, -0.05) is 19.9 Å². The fourth-order valence-electron chi connectivity index (χ4n) is 3.27. The molecular weight excluding hydrogens is 406 g/mol. The maximum Gasteiger partial charge on any atom is 0.338 e. The Hall–Kier alpha value is -2.97. The Labute approximate surface area is 174 Å². The topological polar surface area (TPSA) is 103 Å². The fraction of sp³-hybridized carbons (Fsp3) is 0.273. The number of rotatable bonds is 6. The van der Waals surface area contributed by atoms with Crippen LogP contribution in [0.5, 0.6) is 0 Å². The Bertz CT molecular complexity index is 1270. The summed E-state index contributed by atoms with van der Waals surface area (Å²) in [4.78, 5) is 24.4. The van der Waals surface area contributed by atoms with Crippen LogP contribution in [0.3, 0.4) is 0 Å². The van der Waals surface area contributed by atoms with Gasteiger partial charge >= 0.3 is 11.6 Å². The molecule has 1 N–H and O–H groups in total. The third-order valence-corrected chi connectivity index (χ3v) is 6.26. The molecule has 0 amide bonds. The highest BCUT2D eigenvalue weighted by Crippen LogP contribution is 2.27. The van der Waals surface area contributed by atoms with E-state index in [4.69, 9.17) is 9.15 Å². The van der Waals surface area contributed by atoms with E-state index in [1.165, 1.54) is 37.4 Å². The van der Waals surface area contributed by atoms with Crippen molar-refractivity contribution in [2.45, 2.75) is 38.2 Å². The molecule has 1 aromatic heterocycles. The number of esters is 1. The third-order valence-electron chi connectivity index (χ3n) is 4.85.